The maximum Gasteiger partial charge on any atom is 0.247 e. The monoisotopic (exact) mass is 335 g/mol. The van der Waals surface area contributed by atoms with Crippen molar-refractivity contribution >= 4 is 5.52 Å². The molecule has 0 fully saturated rings. The Morgan fingerprint density at radius 2 is 2.00 bits per heavy atom. The fraction of sp³-hybridized carbons (Fsp3) is 0.0526. The summed E-state index contributed by atoms with van der Waals surface area (Å²) in [5.74, 6) is 0.0945. The van der Waals surface area contributed by atoms with Crippen LogP contribution in [-0.4, -0.2) is 21.5 Å². The number of nitrogens with one attached hydrogen (secondary N) is 1. The van der Waals surface area contributed by atoms with E-state index >= 15 is 0 Å². The lowest BCUT2D eigenvalue weighted by Crippen LogP contribution is -2.01. The van der Waals surface area contributed by atoms with E-state index in [1.807, 2.05) is 16.7 Å². The average Bonchev–Trinajstić information content (AvgIpc) is 3.10. The Morgan fingerprint density at radius 3 is 2.76 bits per heavy atom. The van der Waals surface area contributed by atoms with E-state index < -0.39 is 0 Å². The van der Waals surface area contributed by atoms with Crippen LogP contribution in [0, 0.1) is 5.82 Å². The molecule has 4 aromatic rings. The van der Waals surface area contributed by atoms with E-state index in [-0.39, 0.29) is 11.4 Å². The number of halogens is 1. The van der Waals surface area contributed by atoms with E-state index in [1.54, 1.807) is 30.9 Å². The SMILES string of the molecule is COc1cc(F)ccc1-c1cc(-c2ccc(=O)[nH]c2)c2cncn2c1. The number of hydrogen-bond donors (Lipinski definition) is 1. The van der Waals surface area contributed by atoms with E-state index in [2.05, 4.69) is 9.97 Å². The van der Waals surface area contributed by atoms with Crippen LogP contribution in [0.5, 0.6) is 5.75 Å². The lowest BCUT2D eigenvalue weighted by atomic mass is 10.0. The molecule has 1 N–H and O–H groups in total. The van der Waals surface area contributed by atoms with Gasteiger partial charge in [0.2, 0.25) is 5.56 Å². The molecule has 124 valence electrons. The van der Waals surface area contributed by atoms with Gasteiger partial charge in [0.1, 0.15) is 11.6 Å². The first-order valence-electron chi connectivity index (χ1n) is 7.64. The highest BCUT2D eigenvalue weighted by Gasteiger charge is 2.12. The molecule has 25 heavy (non-hydrogen) atoms. The number of rotatable bonds is 3. The summed E-state index contributed by atoms with van der Waals surface area (Å²) in [6.45, 7) is 0. The topological polar surface area (TPSA) is 59.4 Å². The molecule has 0 unspecified atom stereocenters. The van der Waals surface area contributed by atoms with Crippen molar-refractivity contribution in [1.29, 1.82) is 0 Å². The number of nitrogens with zero attached hydrogens (tertiary/aromatic N) is 2. The molecule has 6 heteroatoms. The first-order valence-corrected chi connectivity index (χ1v) is 7.64. The fourth-order valence-corrected chi connectivity index (χ4v) is 2.89. The number of H-pyrrole nitrogens is 1. The minimum absolute atomic E-state index is 0.162. The van der Waals surface area contributed by atoms with Crippen LogP contribution in [0.25, 0.3) is 27.8 Å². The molecule has 0 atom stereocenters. The van der Waals surface area contributed by atoms with Crippen LogP contribution in [0.1, 0.15) is 0 Å². The molecular formula is C19H14FN3O2. The van der Waals surface area contributed by atoms with Crippen LogP contribution < -0.4 is 10.3 Å². The van der Waals surface area contributed by atoms with Gasteiger partial charge in [-0.1, -0.05) is 0 Å². The molecule has 3 heterocycles. The first-order chi connectivity index (χ1) is 12.2. The Kier molecular flexibility index (Phi) is 3.57. The second kappa shape index (κ2) is 5.90. The van der Waals surface area contributed by atoms with Crippen LogP contribution in [0.4, 0.5) is 4.39 Å². The van der Waals surface area contributed by atoms with Gasteiger partial charge in [0.15, 0.2) is 0 Å². The van der Waals surface area contributed by atoms with Crippen molar-refractivity contribution in [2.45, 2.75) is 0 Å². The smallest absolute Gasteiger partial charge is 0.247 e. The molecule has 3 aromatic heterocycles. The third kappa shape index (κ3) is 2.67. The summed E-state index contributed by atoms with van der Waals surface area (Å²) in [6, 6.07) is 9.65. The zero-order chi connectivity index (χ0) is 17.4. The van der Waals surface area contributed by atoms with Crippen molar-refractivity contribution in [3.05, 3.63) is 77.5 Å². The molecule has 0 radical (unpaired) electrons. The number of benzene rings is 1. The maximum atomic E-state index is 13.5. The molecule has 4 rings (SSSR count). The lowest BCUT2D eigenvalue weighted by molar-refractivity contribution is 0.413. The zero-order valence-corrected chi connectivity index (χ0v) is 13.4. The van der Waals surface area contributed by atoms with Gasteiger partial charge >= 0.3 is 0 Å². The largest absolute Gasteiger partial charge is 0.496 e. The van der Waals surface area contributed by atoms with E-state index in [4.69, 9.17) is 4.74 Å². The van der Waals surface area contributed by atoms with Crippen molar-refractivity contribution in [3.63, 3.8) is 0 Å². The van der Waals surface area contributed by atoms with Gasteiger partial charge in [-0.3, -0.25) is 4.79 Å². The molecule has 0 aliphatic rings. The molecule has 0 aliphatic heterocycles. The summed E-state index contributed by atoms with van der Waals surface area (Å²) in [7, 11) is 1.51. The van der Waals surface area contributed by atoms with Gasteiger partial charge in [0.05, 0.1) is 25.2 Å². The average molecular weight is 335 g/mol. The predicted octanol–water partition coefficient (Wildman–Crippen LogP) is 3.50. The highest BCUT2D eigenvalue weighted by molar-refractivity contribution is 5.85. The van der Waals surface area contributed by atoms with Crippen LogP contribution in [0.3, 0.4) is 0 Å². The Labute approximate surface area is 142 Å². The van der Waals surface area contributed by atoms with Gasteiger partial charge in [0, 0.05) is 46.8 Å². The third-order valence-corrected chi connectivity index (χ3v) is 4.09. The Bertz CT molecular complexity index is 1110. The van der Waals surface area contributed by atoms with Gasteiger partial charge in [-0.25, -0.2) is 9.37 Å². The van der Waals surface area contributed by atoms with Crippen molar-refractivity contribution in [1.82, 2.24) is 14.4 Å². The Morgan fingerprint density at radius 1 is 1.12 bits per heavy atom. The summed E-state index contributed by atoms with van der Waals surface area (Å²) in [4.78, 5) is 18.2. The summed E-state index contributed by atoms with van der Waals surface area (Å²) < 4.78 is 20.7. The van der Waals surface area contributed by atoms with Crippen molar-refractivity contribution < 1.29 is 9.13 Å². The molecule has 0 saturated heterocycles. The summed E-state index contributed by atoms with van der Waals surface area (Å²) in [6.07, 6.45) is 7.03. The molecule has 0 spiro atoms. The van der Waals surface area contributed by atoms with Gasteiger partial charge in [0.25, 0.3) is 0 Å². The van der Waals surface area contributed by atoms with Crippen LogP contribution in [0.2, 0.25) is 0 Å². The van der Waals surface area contributed by atoms with E-state index in [1.165, 1.54) is 25.3 Å². The second-order valence-electron chi connectivity index (χ2n) is 5.61. The minimum Gasteiger partial charge on any atom is -0.496 e. The van der Waals surface area contributed by atoms with Crippen LogP contribution >= 0.6 is 0 Å². The van der Waals surface area contributed by atoms with E-state index in [0.29, 0.717) is 5.75 Å². The second-order valence-corrected chi connectivity index (χ2v) is 5.61. The minimum atomic E-state index is -0.356. The molecule has 5 nitrogen and oxygen atoms in total. The number of pyridine rings is 2. The summed E-state index contributed by atoms with van der Waals surface area (Å²) in [5.41, 5.74) is 4.11. The standard InChI is InChI=1S/C19H14FN3O2/c1-25-18-7-14(20)3-4-15(18)13-6-16(12-2-5-19(24)22-8-12)17-9-21-11-23(17)10-13/h2-11H,1H3,(H,22,24). The molecule has 0 saturated carbocycles. The number of imidazole rings is 1. The number of hydrogen-bond acceptors (Lipinski definition) is 3. The molecule has 0 bridgehead atoms. The maximum absolute atomic E-state index is 13.5. The molecule has 0 aliphatic carbocycles. The number of aromatic nitrogens is 3. The lowest BCUT2D eigenvalue weighted by Gasteiger charge is -2.12. The van der Waals surface area contributed by atoms with Gasteiger partial charge in [-0.05, 0) is 24.3 Å². The van der Waals surface area contributed by atoms with Gasteiger partial charge in [-0.2, -0.15) is 0 Å². The molecule has 0 amide bonds. The number of ether oxygens (including phenoxy) is 1. The Balaban J connectivity index is 1.98. The quantitative estimate of drug-likeness (QED) is 0.623. The van der Waals surface area contributed by atoms with Crippen LogP contribution in [0.15, 0.2) is 66.1 Å². The van der Waals surface area contributed by atoms with Crippen LogP contribution in [-0.2, 0) is 0 Å². The summed E-state index contributed by atoms with van der Waals surface area (Å²) in [5, 5.41) is 0. The zero-order valence-electron chi connectivity index (χ0n) is 13.4. The van der Waals surface area contributed by atoms with E-state index in [0.717, 1.165) is 27.8 Å². The van der Waals surface area contributed by atoms with E-state index in [9.17, 15) is 9.18 Å². The first kappa shape index (κ1) is 15.1. The van der Waals surface area contributed by atoms with Gasteiger partial charge < -0.3 is 14.1 Å². The van der Waals surface area contributed by atoms with Gasteiger partial charge in [-0.15, -0.1) is 0 Å². The number of aromatic amines is 1. The van der Waals surface area contributed by atoms with Crippen molar-refractivity contribution in [3.8, 4) is 28.0 Å². The highest BCUT2D eigenvalue weighted by Crippen LogP contribution is 2.34. The van der Waals surface area contributed by atoms with Crippen molar-refractivity contribution in [2.75, 3.05) is 7.11 Å². The third-order valence-electron chi connectivity index (χ3n) is 4.09. The Hall–Kier alpha value is -3.41. The molecular weight excluding hydrogens is 321 g/mol. The number of fused-ring (bicyclic) bond motifs is 1. The fourth-order valence-electron chi connectivity index (χ4n) is 2.89. The normalized spacial score (nSPS) is 11.0. The number of methoxy groups -OCH3 is 1. The molecule has 1 aromatic carbocycles. The highest BCUT2D eigenvalue weighted by atomic mass is 19.1. The predicted molar refractivity (Wildman–Crippen MR) is 93.2 cm³/mol. The summed E-state index contributed by atoms with van der Waals surface area (Å²) >= 11 is 0. The van der Waals surface area contributed by atoms with Crippen molar-refractivity contribution in [2.24, 2.45) is 0 Å².